The van der Waals surface area contributed by atoms with Crippen molar-refractivity contribution in [2.24, 2.45) is 0 Å². The molecule has 1 aliphatic heterocycles. The summed E-state index contributed by atoms with van der Waals surface area (Å²) in [4.78, 5) is 28.2. The van der Waals surface area contributed by atoms with Gasteiger partial charge in [0, 0.05) is 37.3 Å². The van der Waals surface area contributed by atoms with Crippen LogP contribution >= 0.6 is 11.6 Å². The number of likely N-dealkylation sites (N-methyl/N-ethyl adjacent to an activating group) is 1. The molecule has 134 valence electrons. The molecular weight excluding hydrogens is 346 g/mol. The first-order valence-electron chi connectivity index (χ1n) is 8.01. The zero-order valence-electron chi connectivity index (χ0n) is 14.1. The number of amides is 1. The third-order valence-electron chi connectivity index (χ3n) is 4.70. The first kappa shape index (κ1) is 17.6. The molecule has 0 atom stereocenters. The van der Waals surface area contributed by atoms with Crippen LogP contribution < -0.4 is 0 Å². The molecule has 0 radical (unpaired) electrons. The van der Waals surface area contributed by atoms with E-state index in [2.05, 4.69) is 4.90 Å². The van der Waals surface area contributed by atoms with Gasteiger partial charge in [0.05, 0.1) is 17.0 Å². The third kappa shape index (κ3) is 3.17. The Hall–Kier alpha value is -2.25. The van der Waals surface area contributed by atoms with E-state index in [9.17, 15) is 19.8 Å². The lowest BCUT2D eigenvalue weighted by Gasteiger charge is -2.32. The van der Waals surface area contributed by atoms with Crippen molar-refractivity contribution in [2.75, 3.05) is 33.2 Å². The molecule has 0 spiro atoms. The average Bonchev–Trinajstić information content (AvgIpc) is 2.80. The molecule has 0 aliphatic carbocycles. The van der Waals surface area contributed by atoms with Gasteiger partial charge >= 0.3 is 12.0 Å². The molecule has 1 aromatic heterocycles. The molecule has 1 aromatic carbocycles. The van der Waals surface area contributed by atoms with E-state index in [4.69, 9.17) is 11.6 Å². The van der Waals surface area contributed by atoms with Crippen LogP contribution in [0.1, 0.15) is 11.3 Å². The molecule has 8 heteroatoms. The number of aromatic nitrogens is 1. The maximum Gasteiger partial charge on any atom is 0.328 e. The fourth-order valence-corrected chi connectivity index (χ4v) is 3.41. The van der Waals surface area contributed by atoms with E-state index in [-0.39, 0.29) is 23.2 Å². The Bertz CT molecular complexity index is 853. The zero-order valence-corrected chi connectivity index (χ0v) is 14.9. The molecule has 2 aromatic rings. The second kappa shape index (κ2) is 6.57. The van der Waals surface area contributed by atoms with E-state index in [1.54, 1.807) is 11.8 Å². The number of hydrogen-bond donors (Lipinski definition) is 2. The topological polar surface area (TPSA) is 86.0 Å². The number of carboxylic acid groups (broad SMARTS) is 1. The molecule has 0 saturated carbocycles. The number of carbonyl (C=O) groups is 2. The summed E-state index contributed by atoms with van der Waals surface area (Å²) in [7, 11) is 2.01. The number of aromatic hydroxyl groups is 1. The van der Waals surface area contributed by atoms with Gasteiger partial charge in [0.1, 0.15) is 5.75 Å². The van der Waals surface area contributed by atoms with Crippen molar-refractivity contribution in [3.63, 3.8) is 0 Å². The number of phenols is 1. The minimum atomic E-state index is -0.997. The Labute approximate surface area is 150 Å². The number of aliphatic carboxylic acids is 1. The molecule has 3 rings (SSSR count). The number of carboxylic acids is 1. The number of benzene rings is 1. The first-order valence-corrected chi connectivity index (χ1v) is 8.39. The zero-order chi connectivity index (χ0) is 18.3. The van der Waals surface area contributed by atoms with Crippen molar-refractivity contribution in [1.82, 2.24) is 14.4 Å². The molecule has 0 bridgehead atoms. The Morgan fingerprint density at radius 2 is 1.84 bits per heavy atom. The summed E-state index contributed by atoms with van der Waals surface area (Å²) < 4.78 is 1.50. The van der Waals surface area contributed by atoms with E-state index in [1.807, 2.05) is 7.05 Å². The standard InChI is InChI=1S/C17H20ClN3O4/c1-10-11(8-16(23)24)12-7-15(22)13(18)9-14(12)21(10)17(25)20-5-3-19(2)4-6-20/h7,9,22H,3-6,8H2,1-2H3,(H,23,24). The van der Waals surface area contributed by atoms with Crippen molar-refractivity contribution in [3.05, 3.63) is 28.4 Å². The van der Waals surface area contributed by atoms with Crippen LogP contribution in [0.3, 0.4) is 0 Å². The molecule has 7 nitrogen and oxygen atoms in total. The quantitative estimate of drug-likeness (QED) is 0.851. The second-order valence-corrected chi connectivity index (χ2v) is 6.77. The monoisotopic (exact) mass is 365 g/mol. The van der Waals surface area contributed by atoms with Gasteiger partial charge in [-0.15, -0.1) is 0 Å². The minimum Gasteiger partial charge on any atom is -0.506 e. The van der Waals surface area contributed by atoms with E-state index in [0.717, 1.165) is 13.1 Å². The van der Waals surface area contributed by atoms with Crippen LogP contribution in [0.4, 0.5) is 4.79 Å². The third-order valence-corrected chi connectivity index (χ3v) is 5.00. The Balaban J connectivity index is 2.13. The molecular formula is C17H20ClN3O4. The maximum absolute atomic E-state index is 13.1. The number of hydrogen-bond acceptors (Lipinski definition) is 4. The summed E-state index contributed by atoms with van der Waals surface area (Å²) in [6, 6.07) is 2.74. The lowest BCUT2D eigenvalue weighted by atomic mass is 10.1. The summed E-state index contributed by atoms with van der Waals surface area (Å²) in [5.74, 6) is -1.13. The SMILES string of the molecule is Cc1c(CC(=O)O)c2cc(O)c(Cl)cc2n1C(=O)N1CCN(C)CC1. The molecule has 1 amide bonds. The van der Waals surface area contributed by atoms with E-state index >= 15 is 0 Å². The van der Waals surface area contributed by atoms with Crippen molar-refractivity contribution in [3.8, 4) is 5.75 Å². The van der Waals surface area contributed by atoms with Gasteiger partial charge in [0.2, 0.25) is 0 Å². The maximum atomic E-state index is 13.1. The smallest absolute Gasteiger partial charge is 0.328 e. The summed E-state index contributed by atoms with van der Waals surface area (Å²) in [6.45, 7) is 4.50. The van der Waals surface area contributed by atoms with Gasteiger partial charge in [-0.3, -0.25) is 9.36 Å². The number of fused-ring (bicyclic) bond motifs is 1. The molecule has 1 fully saturated rings. The van der Waals surface area contributed by atoms with Crippen LogP contribution in [0, 0.1) is 6.92 Å². The number of rotatable bonds is 2. The van der Waals surface area contributed by atoms with Crippen LogP contribution in [0.25, 0.3) is 10.9 Å². The van der Waals surface area contributed by atoms with Crippen LogP contribution in [0.2, 0.25) is 5.02 Å². The fraction of sp³-hybridized carbons (Fsp3) is 0.412. The molecule has 0 unspecified atom stereocenters. The second-order valence-electron chi connectivity index (χ2n) is 6.36. The van der Waals surface area contributed by atoms with Crippen LogP contribution in [0.15, 0.2) is 12.1 Å². The van der Waals surface area contributed by atoms with Gasteiger partial charge in [-0.05, 0) is 31.7 Å². The van der Waals surface area contributed by atoms with Crippen molar-refractivity contribution >= 4 is 34.5 Å². The number of phenolic OH excluding ortho intramolecular Hbond substituents is 1. The van der Waals surface area contributed by atoms with E-state index in [0.29, 0.717) is 35.2 Å². The van der Waals surface area contributed by atoms with Gasteiger partial charge in [-0.1, -0.05) is 11.6 Å². The highest BCUT2D eigenvalue weighted by Crippen LogP contribution is 2.34. The highest BCUT2D eigenvalue weighted by molar-refractivity contribution is 6.32. The van der Waals surface area contributed by atoms with Crippen LogP contribution in [-0.2, 0) is 11.2 Å². The van der Waals surface area contributed by atoms with Gasteiger partial charge in [0.15, 0.2) is 0 Å². The summed E-state index contributed by atoms with van der Waals surface area (Å²) in [5.41, 5.74) is 1.58. The predicted octanol–water partition coefficient (Wildman–Crippen LogP) is 2.15. The van der Waals surface area contributed by atoms with Crippen LogP contribution in [0.5, 0.6) is 5.75 Å². The van der Waals surface area contributed by atoms with Gasteiger partial charge in [0.25, 0.3) is 0 Å². The lowest BCUT2D eigenvalue weighted by molar-refractivity contribution is -0.136. The van der Waals surface area contributed by atoms with E-state index in [1.165, 1.54) is 16.7 Å². The normalized spacial score (nSPS) is 15.7. The highest BCUT2D eigenvalue weighted by Gasteiger charge is 2.26. The largest absolute Gasteiger partial charge is 0.506 e. The number of halogens is 1. The molecule has 2 N–H and O–H groups in total. The fourth-order valence-electron chi connectivity index (χ4n) is 3.25. The Kier molecular flexibility index (Phi) is 4.62. The number of carbonyl (C=O) groups excluding carboxylic acids is 1. The summed E-state index contributed by atoms with van der Waals surface area (Å²) in [5, 5.41) is 19.8. The van der Waals surface area contributed by atoms with Gasteiger partial charge in [-0.2, -0.15) is 0 Å². The van der Waals surface area contributed by atoms with Crippen molar-refractivity contribution in [1.29, 1.82) is 0 Å². The lowest BCUT2D eigenvalue weighted by Crippen LogP contribution is -2.48. The molecule has 25 heavy (non-hydrogen) atoms. The van der Waals surface area contributed by atoms with Crippen molar-refractivity contribution in [2.45, 2.75) is 13.3 Å². The first-order chi connectivity index (χ1) is 11.8. The number of piperazine rings is 1. The van der Waals surface area contributed by atoms with Gasteiger partial charge < -0.3 is 20.0 Å². The van der Waals surface area contributed by atoms with Gasteiger partial charge in [-0.25, -0.2) is 4.79 Å². The number of nitrogens with zero attached hydrogens (tertiary/aromatic N) is 3. The Morgan fingerprint density at radius 3 is 2.44 bits per heavy atom. The predicted molar refractivity (Wildman–Crippen MR) is 94.6 cm³/mol. The van der Waals surface area contributed by atoms with Crippen molar-refractivity contribution < 1.29 is 19.8 Å². The van der Waals surface area contributed by atoms with E-state index < -0.39 is 5.97 Å². The minimum absolute atomic E-state index is 0.124. The molecule has 1 aliphatic rings. The average molecular weight is 366 g/mol. The summed E-state index contributed by atoms with van der Waals surface area (Å²) >= 11 is 6.03. The van der Waals surface area contributed by atoms with Crippen LogP contribution in [-0.4, -0.2) is 69.8 Å². The molecule has 1 saturated heterocycles. The Morgan fingerprint density at radius 1 is 1.20 bits per heavy atom. The summed E-state index contributed by atoms with van der Waals surface area (Å²) in [6.07, 6.45) is -0.230. The molecule has 2 heterocycles. The highest BCUT2D eigenvalue weighted by atomic mass is 35.5.